The lowest BCUT2D eigenvalue weighted by Gasteiger charge is -2.27. The van der Waals surface area contributed by atoms with Crippen LogP contribution in [0.25, 0.3) is 0 Å². The summed E-state index contributed by atoms with van der Waals surface area (Å²) in [7, 11) is 0. The monoisotopic (exact) mass is 373 g/mol. The first-order valence-electron chi connectivity index (χ1n) is 9.02. The van der Waals surface area contributed by atoms with Gasteiger partial charge in [-0.25, -0.2) is 0 Å². The van der Waals surface area contributed by atoms with Gasteiger partial charge >= 0.3 is 0 Å². The fourth-order valence-electron chi connectivity index (χ4n) is 3.15. The van der Waals surface area contributed by atoms with Gasteiger partial charge in [0.2, 0.25) is 0 Å². The molecule has 1 amide bonds. The molecule has 0 bridgehead atoms. The van der Waals surface area contributed by atoms with Gasteiger partial charge in [-0.15, -0.1) is 0 Å². The van der Waals surface area contributed by atoms with E-state index in [0.717, 1.165) is 23.3 Å². The first-order chi connectivity index (χ1) is 12.6. The normalized spacial score (nSPS) is 17.0. The van der Waals surface area contributed by atoms with Crippen molar-refractivity contribution in [1.82, 2.24) is 5.32 Å². The van der Waals surface area contributed by atoms with E-state index in [1.54, 1.807) is 6.07 Å². The number of carbonyl (C=O) groups is 1. The van der Waals surface area contributed by atoms with E-state index in [1.165, 1.54) is 0 Å². The van der Waals surface area contributed by atoms with Crippen molar-refractivity contribution in [2.75, 3.05) is 13.2 Å². The van der Waals surface area contributed by atoms with E-state index in [2.05, 4.69) is 25.2 Å². The van der Waals surface area contributed by atoms with E-state index in [9.17, 15) is 4.79 Å². The number of halogens is 1. The second-order valence-corrected chi connectivity index (χ2v) is 6.96. The van der Waals surface area contributed by atoms with Crippen LogP contribution in [0.5, 0.6) is 11.5 Å². The SMILES string of the molecule is CCC(C)c1ccccc1OCC(=O)NC1CCOc2c(Cl)cccc21. The van der Waals surface area contributed by atoms with Gasteiger partial charge in [-0.1, -0.05) is 55.8 Å². The second kappa shape index (κ2) is 8.45. The fourth-order valence-corrected chi connectivity index (χ4v) is 3.39. The largest absolute Gasteiger partial charge is 0.492 e. The van der Waals surface area contributed by atoms with Gasteiger partial charge in [0, 0.05) is 12.0 Å². The average Bonchev–Trinajstić information content (AvgIpc) is 2.67. The van der Waals surface area contributed by atoms with Crippen LogP contribution in [0.4, 0.5) is 0 Å². The minimum atomic E-state index is -0.151. The van der Waals surface area contributed by atoms with Gasteiger partial charge < -0.3 is 14.8 Å². The van der Waals surface area contributed by atoms with Crippen LogP contribution in [0.3, 0.4) is 0 Å². The fraction of sp³-hybridized carbons (Fsp3) is 0.381. The molecule has 0 aliphatic carbocycles. The first-order valence-corrected chi connectivity index (χ1v) is 9.40. The molecule has 0 aromatic heterocycles. The molecule has 0 saturated carbocycles. The number of amides is 1. The molecule has 1 aliphatic heterocycles. The Bertz CT molecular complexity index is 778. The third-order valence-electron chi connectivity index (χ3n) is 4.78. The van der Waals surface area contributed by atoms with Gasteiger partial charge in [0.25, 0.3) is 5.91 Å². The van der Waals surface area contributed by atoms with Crippen LogP contribution >= 0.6 is 11.6 Å². The van der Waals surface area contributed by atoms with Crippen LogP contribution in [0.15, 0.2) is 42.5 Å². The summed E-state index contributed by atoms with van der Waals surface area (Å²) in [5.74, 6) is 1.67. The number of fused-ring (bicyclic) bond motifs is 1. The van der Waals surface area contributed by atoms with Crippen molar-refractivity contribution >= 4 is 17.5 Å². The summed E-state index contributed by atoms with van der Waals surface area (Å²) >= 11 is 6.18. The average molecular weight is 374 g/mol. The molecule has 1 N–H and O–H groups in total. The molecule has 3 rings (SSSR count). The maximum Gasteiger partial charge on any atom is 0.258 e. The zero-order valence-corrected chi connectivity index (χ0v) is 15.9. The zero-order chi connectivity index (χ0) is 18.5. The third-order valence-corrected chi connectivity index (χ3v) is 5.08. The van der Waals surface area contributed by atoms with Crippen molar-refractivity contribution in [3.63, 3.8) is 0 Å². The molecular weight excluding hydrogens is 350 g/mol. The number of rotatable bonds is 6. The van der Waals surface area contributed by atoms with Crippen LogP contribution in [-0.2, 0) is 4.79 Å². The summed E-state index contributed by atoms with van der Waals surface area (Å²) < 4.78 is 11.4. The van der Waals surface area contributed by atoms with Gasteiger partial charge in [0.1, 0.15) is 11.5 Å². The summed E-state index contributed by atoms with van der Waals surface area (Å²) in [5.41, 5.74) is 2.04. The van der Waals surface area contributed by atoms with E-state index < -0.39 is 0 Å². The number of nitrogens with one attached hydrogen (secondary N) is 1. The highest BCUT2D eigenvalue weighted by Crippen LogP contribution is 2.37. The van der Waals surface area contributed by atoms with Crippen molar-refractivity contribution in [3.8, 4) is 11.5 Å². The molecule has 2 unspecified atom stereocenters. The Labute approximate surface area is 159 Å². The quantitative estimate of drug-likeness (QED) is 0.785. The molecule has 0 saturated heterocycles. The molecule has 0 fully saturated rings. The van der Waals surface area contributed by atoms with Crippen LogP contribution in [-0.4, -0.2) is 19.1 Å². The maximum absolute atomic E-state index is 12.4. The predicted octanol–water partition coefficient (Wildman–Crippen LogP) is 4.87. The van der Waals surface area contributed by atoms with Gasteiger partial charge in [-0.2, -0.15) is 0 Å². The van der Waals surface area contributed by atoms with E-state index in [1.807, 2.05) is 30.3 Å². The van der Waals surface area contributed by atoms with E-state index in [0.29, 0.717) is 29.7 Å². The Hall–Kier alpha value is -2.20. The Morgan fingerprint density at radius 3 is 2.92 bits per heavy atom. The number of para-hydroxylation sites is 2. The minimum Gasteiger partial charge on any atom is -0.492 e. The van der Waals surface area contributed by atoms with Crippen molar-refractivity contribution in [1.29, 1.82) is 0 Å². The highest BCUT2D eigenvalue weighted by atomic mass is 35.5. The molecule has 5 heteroatoms. The number of ether oxygens (including phenoxy) is 2. The summed E-state index contributed by atoms with van der Waals surface area (Å²) in [6, 6.07) is 13.4. The van der Waals surface area contributed by atoms with Crippen molar-refractivity contribution in [2.24, 2.45) is 0 Å². The van der Waals surface area contributed by atoms with Crippen molar-refractivity contribution < 1.29 is 14.3 Å². The van der Waals surface area contributed by atoms with Gasteiger partial charge in [0.05, 0.1) is 17.7 Å². The molecule has 2 aromatic carbocycles. The van der Waals surface area contributed by atoms with Crippen LogP contribution in [0.2, 0.25) is 5.02 Å². The lowest BCUT2D eigenvalue weighted by molar-refractivity contribution is -0.124. The van der Waals surface area contributed by atoms with Gasteiger partial charge in [0.15, 0.2) is 6.61 Å². The lowest BCUT2D eigenvalue weighted by Crippen LogP contribution is -2.35. The van der Waals surface area contributed by atoms with Gasteiger partial charge in [-0.3, -0.25) is 4.79 Å². The molecule has 1 aliphatic rings. The smallest absolute Gasteiger partial charge is 0.258 e. The summed E-state index contributed by atoms with van der Waals surface area (Å²) in [4.78, 5) is 12.4. The zero-order valence-electron chi connectivity index (χ0n) is 15.1. The molecule has 2 atom stereocenters. The second-order valence-electron chi connectivity index (χ2n) is 6.55. The van der Waals surface area contributed by atoms with Crippen LogP contribution in [0, 0.1) is 0 Å². The van der Waals surface area contributed by atoms with E-state index in [4.69, 9.17) is 21.1 Å². The highest BCUT2D eigenvalue weighted by molar-refractivity contribution is 6.32. The molecule has 1 heterocycles. The first kappa shape index (κ1) is 18.6. The molecule has 0 radical (unpaired) electrons. The van der Waals surface area contributed by atoms with Crippen molar-refractivity contribution in [2.45, 2.75) is 38.6 Å². The Kier molecular flexibility index (Phi) is 6.04. The predicted molar refractivity (Wildman–Crippen MR) is 103 cm³/mol. The van der Waals surface area contributed by atoms with Gasteiger partial charge in [-0.05, 0) is 30.0 Å². The Balaban J connectivity index is 1.64. The standard InChI is InChI=1S/C21H24ClNO3/c1-3-14(2)15-7-4-5-10-19(15)26-13-20(24)23-18-11-12-25-21-16(18)8-6-9-17(21)22/h4-10,14,18H,3,11-13H2,1-2H3,(H,23,24). The van der Waals surface area contributed by atoms with E-state index in [-0.39, 0.29) is 18.6 Å². The summed E-state index contributed by atoms with van der Waals surface area (Å²) in [6.45, 7) is 4.81. The summed E-state index contributed by atoms with van der Waals surface area (Å²) in [5, 5.41) is 3.60. The minimum absolute atomic E-state index is 0.0132. The molecular formula is C21H24ClNO3. The lowest BCUT2D eigenvalue weighted by atomic mass is 9.98. The molecule has 0 spiro atoms. The Morgan fingerprint density at radius 1 is 1.31 bits per heavy atom. The maximum atomic E-state index is 12.4. The van der Waals surface area contributed by atoms with Crippen LogP contribution < -0.4 is 14.8 Å². The number of hydrogen-bond donors (Lipinski definition) is 1. The number of carbonyl (C=O) groups excluding carboxylic acids is 1. The molecule has 4 nitrogen and oxygen atoms in total. The third kappa shape index (κ3) is 4.13. The topological polar surface area (TPSA) is 47.6 Å². The number of benzene rings is 2. The number of hydrogen-bond acceptors (Lipinski definition) is 3. The molecule has 2 aromatic rings. The van der Waals surface area contributed by atoms with Crippen molar-refractivity contribution in [3.05, 3.63) is 58.6 Å². The summed E-state index contributed by atoms with van der Waals surface area (Å²) in [6.07, 6.45) is 1.73. The molecule has 26 heavy (non-hydrogen) atoms. The Morgan fingerprint density at radius 2 is 2.12 bits per heavy atom. The van der Waals surface area contributed by atoms with E-state index >= 15 is 0 Å². The highest BCUT2D eigenvalue weighted by Gasteiger charge is 2.24. The molecule has 138 valence electrons. The van der Waals surface area contributed by atoms with Crippen LogP contribution in [0.1, 0.15) is 49.8 Å².